The number of hydrogen-bond acceptors (Lipinski definition) is 4. The zero-order chi connectivity index (χ0) is 9.40. The SMILES string of the molecule is OCCCCCC(O)C(O)CO. The molecule has 0 heterocycles. The van der Waals surface area contributed by atoms with Gasteiger partial charge in [-0.15, -0.1) is 0 Å². The lowest BCUT2D eigenvalue weighted by Crippen LogP contribution is -2.29. The Labute approximate surface area is 72.5 Å². The van der Waals surface area contributed by atoms with E-state index in [1.807, 2.05) is 0 Å². The van der Waals surface area contributed by atoms with Gasteiger partial charge in [0, 0.05) is 6.61 Å². The van der Waals surface area contributed by atoms with E-state index >= 15 is 0 Å². The van der Waals surface area contributed by atoms with Crippen molar-refractivity contribution in [1.29, 1.82) is 0 Å². The van der Waals surface area contributed by atoms with E-state index in [2.05, 4.69) is 0 Å². The van der Waals surface area contributed by atoms with Crippen molar-refractivity contribution >= 4 is 0 Å². The molecular formula is C8H18O4. The fraction of sp³-hybridized carbons (Fsp3) is 1.00. The van der Waals surface area contributed by atoms with Gasteiger partial charge in [-0.3, -0.25) is 0 Å². The minimum absolute atomic E-state index is 0.165. The molecule has 2 atom stereocenters. The van der Waals surface area contributed by atoms with E-state index < -0.39 is 18.8 Å². The summed E-state index contributed by atoms with van der Waals surface area (Å²) in [4.78, 5) is 0. The van der Waals surface area contributed by atoms with Crippen LogP contribution < -0.4 is 0 Å². The van der Waals surface area contributed by atoms with Crippen molar-refractivity contribution in [2.24, 2.45) is 0 Å². The quantitative estimate of drug-likeness (QED) is 0.387. The van der Waals surface area contributed by atoms with E-state index in [1.165, 1.54) is 0 Å². The first-order chi connectivity index (χ1) is 5.72. The minimum atomic E-state index is -1.03. The van der Waals surface area contributed by atoms with E-state index in [0.29, 0.717) is 6.42 Å². The molecule has 0 aromatic rings. The van der Waals surface area contributed by atoms with Gasteiger partial charge < -0.3 is 20.4 Å². The molecule has 12 heavy (non-hydrogen) atoms. The average Bonchev–Trinajstić information content (AvgIpc) is 2.10. The Hall–Kier alpha value is -0.160. The molecule has 0 bridgehead atoms. The molecule has 4 N–H and O–H groups in total. The molecule has 2 unspecified atom stereocenters. The van der Waals surface area contributed by atoms with E-state index in [4.69, 9.17) is 20.4 Å². The van der Waals surface area contributed by atoms with Crippen LogP contribution in [0.4, 0.5) is 0 Å². The molecule has 0 aliphatic heterocycles. The van der Waals surface area contributed by atoms with E-state index in [1.54, 1.807) is 0 Å². The number of rotatable bonds is 7. The van der Waals surface area contributed by atoms with Crippen LogP contribution in [0.1, 0.15) is 25.7 Å². The fourth-order valence-corrected chi connectivity index (χ4v) is 0.956. The van der Waals surface area contributed by atoms with Crippen molar-refractivity contribution in [3.8, 4) is 0 Å². The van der Waals surface area contributed by atoms with Crippen molar-refractivity contribution in [2.45, 2.75) is 37.9 Å². The fourth-order valence-electron chi connectivity index (χ4n) is 0.956. The Morgan fingerprint density at radius 3 is 2.00 bits per heavy atom. The third-order valence-electron chi connectivity index (χ3n) is 1.79. The molecule has 0 aliphatic carbocycles. The Bertz CT molecular complexity index is 97.1. The van der Waals surface area contributed by atoms with E-state index in [9.17, 15) is 0 Å². The van der Waals surface area contributed by atoms with Gasteiger partial charge in [-0.05, 0) is 12.8 Å². The zero-order valence-electron chi connectivity index (χ0n) is 7.19. The first-order valence-corrected chi connectivity index (χ1v) is 4.30. The summed E-state index contributed by atoms with van der Waals surface area (Å²) in [6, 6.07) is 0. The topological polar surface area (TPSA) is 80.9 Å². The molecule has 0 rings (SSSR count). The largest absolute Gasteiger partial charge is 0.396 e. The molecule has 0 saturated heterocycles. The highest BCUT2D eigenvalue weighted by molar-refractivity contribution is 4.65. The second-order valence-corrected chi connectivity index (χ2v) is 2.89. The normalized spacial score (nSPS) is 16.0. The van der Waals surface area contributed by atoms with Crippen molar-refractivity contribution in [3.05, 3.63) is 0 Å². The van der Waals surface area contributed by atoms with Crippen LogP contribution in [0.3, 0.4) is 0 Å². The lowest BCUT2D eigenvalue weighted by Gasteiger charge is -2.14. The maximum absolute atomic E-state index is 9.14. The third-order valence-corrected chi connectivity index (χ3v) is 1.79. The highest BCUT2D eigenvalue weighted by atomic mass is 16.4. The van der Waals surface area contributed by atoms with E-state index in [0.717, 1.165) is 19.3 Å². The first kappa shape index (κ1) is 11.8. The summed E-state index contributed by atoms with van der Waals surface area (Å²) in [5.41, 5.74) is 0. The minimum Gasteiger partial charge on any atom is -0.396 e. The summed E-state index contributed by atoms with van der Waals surface area (Å²) in [7, 11) is 0. The lowest BCUT2D eigenvalue weighted by atomic mass is 10.1. The van der Waals surface area contributed by atoms with E-state index in [-0.39, 0.29) is 6.61 Å². The molecule has 0 aromatic carbocycles. The molecular weight excluding hydrogens is 160 g/mol. The van der Waals surface area contributed by atoms with Crippen molar-refractivity contribution in [1.82, 2.24) is 0 Å². The van der Waals surface area contributed by atoms with Crippen LogP contribution in [0.5, 0.6) is 0 Å². The summed E-state index contributed by atoms with van der Waals surface area (Å²) in [5.74, 6) is 0. The zero-order valence-corrected chi connectivity index (χ0v) is 7.19. The van der Waals surface area contributed by atoms with Crippen molar-refractivity contribution < 1.29 is 20.4 Å². The monoisotopic (exact) mass is 178 g/mol. The Morgan fingerprint density at radius 2 is 1.50 bits per heavy atom. The smallest absolute Gasteiger partial charge is 0.103 e. The summed E-state index contributed by atoms with van der Waals surface area (Å²) < 4.78 is 0. The van der Waals surface area contributed by atoms with Gasteiger partial charge in [0.2, 0.25) is 0 Å². The standard InChI is InChI=1S/C8H18O4/c9-5-3-1-2-4-7(11)8(12)6-10/h7-12H,1-6H2. The number of unbranched alkanes of at least 4 members (excludes halogenated alkanes) is 2. The first-order valence-electron chi connectivity index (χ1n) is 4.30. The number of hydrogen-bond donors (Lipinski definition) is 4. The van der Waals surface area contributed by atoms with Gasteiger partial charge in [0.05, 0.1) is 12.7 Å². The molecule has 0 spiro atoms. The summed E-state index contributed by atoms with van der Waals surface area (Å²) in [6.45, 7) is -0.236. The maximum Gasteiger partial charge on any atom is 0.103 e. The van der Waals surface area contributed by atoms with Crippen LogP contribution in [0, 0.1) is 0 Å². The van der Waals surface area contributed by atoms with Gasteiger partial charge in [-0.25, -0.2) is 0 Å². The maximum atomic E-state index is 9.14. The highest BCUT2D eigenvalue weighted by Crippen LogP contribution is 2.06. The van der Waals surface area contributed by atoms with Crippen molar-refractivity contribution in [2.75, 3.05) is 13.2 Å². The molecule has 4 nitrogen and oxygen atoms in total. The Morgan fingerprint density at radius 1 is 0.833 bits per heavy atom. The lowest BCUT2D eigenvalue weighted by molar-refractivity contribution is -0.0186. The highest BCUT2D eigenvalue weighted by Gasteiger charge is 2.13. The molecule has 74 valence electrons. The number of aliphatic hydroxyl groups is 4. The number of aliphatic hydroxyl groups excluding tert-OH is 4. The summed E-state index contributed by atoms with van der Waals surface area (Å²) in [6.07, 6.45) is 0.932. The van der Waals surface area contributed by atoms with Crippen LogP contribution in [0.15, 0.2) is 0 Å². The van der Waals surface area contributed by atoms with Crippen LogP contribution in [-0.4, -0.2) is 45.8 Å². The molecule has 0 amide bonds. The average molecular weight is 178 g/mol. The molecule has 0 fully saturated rings. The van der Waals surface area contributed by atoms with Gasteiger partial charge in [0.1, 0.15) is 6.10 Å². The van der Waals surface area contributed by atoms with Crippen LogP contribution in [-0.2, 0) is 0 Å². The van der Waals surface area contributed by atoms with Crippen LogP contribution in [0.2, 0.25) is 0 Å². The van der Waals surface area contributed by atoms with Gasteiger partial charge in [0.15, 0.2) is 0 Å². The van der Waals surface area contributed by atoms with Crippen molar-refractivity contribution in [3.63, 3.8) is 0 Å². The van der Waals surface area contributed by atoms with Crippen LogP contribution >= 0.6 is 0 Å². The summed E-state index contributed by atoms with van der Waals surface area (Å²) >= 11 is 0. The Kier molecular flexibility index (Phi) is 7.39. The van der Waals surface area contributed by atoms with Gasteiger partial charge in [0.25, 0.3) is 0 Å². The summed E-state index contributed by atoms with van der Waals surface area (Å²) in [5, 5.41) is 35.0. The molecule has 0 saturated carbocycles. The van der Waals surface area contributed by atoms with Gasteiger partial charge >= 0.3 is 0 Å². The third kappa shape index (κ3) is 5.49. The molecule has 0 aromatic heterocycles. The van der Waals surface area contributed by atoms with Crippen LogP contribution in [0.25, 0.3) is 0 Å². The second-order valence-electron chi connectivity index (χ2n) is 2.89. The predicted octanol–water partition coefficient (Wildman–Crippen LogP) is -0.747. The Balaban J connectivity index is 3.24. The predicted molar refractivity (Wildman–Crippen MR) is 44.7 cm³/mol. The van der Waals surface area contributed by atoms with Gasteiger partial charge in [-0.1, -0.05) is 12.8 Å². The molecule has 0 aliphatic rings. The van der Waals surface area contributed by atoms with Gasteiger partial charge in [-0.2, -0.15) is 0 Å². The second kappa shape index (κ2) is 7.49. The molecule has 0 radical (unpaired) electrons. The molecule has 4 heteroatoms.